The van der Waals surface area contributed by atoms with Crippen molar-refractivity contribution in [3.8, 4) is 11.1 Å². The lowest BCUT2D eigenvalue weighted by molar-refractivity contribution is 0.622. The number of H-pyrrole nitrogens is 1. The van der Waals surface area contributed by atoms with E-state index < -0.39 is 0 Å². The molecule has 17 heavy (non-hydrogen) atoms. The Kier molecular flexibility index (Phi) is 3.42. The Labute approximate surface area is 101 Å². The number of hydrogen-bond donors (Lipinski definition) is 2. The van der Waals surface area contributed by atoms with Gasteiger partial charge in [0.15, 0.2) is 5.82 Å². The van der Waals surface area contributed by atoms with Crippen LogP contribution in [0.5, 0.6) is 0 Å². The maximum absolute atomic E-state index is 5.95. The first-order chi connectivity index (χ1) is 8.27. The summed E-state index contributed by atoms with van der Waals surface area (Å²) in [7, 11) is 0. The van der Waals surface area contributed by atoms with Crippen molar-refractivity contribution < 1.29 is 0 Å². The van der Waals surface area contributed by atoms with Crippen molar-refractivity contribution in [2.45, 2.75) is 32.6 Å². The van der Waals surface area contributed by atoms with Gasteiger partial charge in [-0.15, -0.1) is 0 Å². The molecule has 0 radical (unpaired) electrons. The molecule has 0 aliphatic rings. The van der Waals surface area contributed by atoms with E-state index in [0.29, 0.717) is 11.7 Å². The standard InChI is InChI=1S/C13H18N4/c1-3-9(4-2)12-11(13(14)17-16-12)10-6-5-7-15-8-10/h5-9H,3-4H2,1-2H3,(H3,14,16,17). The van der Waals surface area contributed by atoms with Crippen LogP contribution in [0.4, 0.5) is 5.82 Å². The number of nitrogens with zero attached hydrogens (tertiary/aromatic N) is 2. The van der Waals surface area contributed by atoms with Crippen molar-refractivity contribution in [3.05, 3.63) is 30.2 Å². The summed E-state index contributed by atoms with van der Waals surface area (Å²) in [5.74, 6) is 1.02. The molecule has 2 rings (SSSR count). The van der Waals surface area contributed by atoms with E-state index in [0.717, 1.165) is 29.7 Å². The van der Waals surface area contributed by atoms with Crippen molar-refractivity contribution in [3.63, 3.8) is 0 Å². The summed E-state index contributed by atoms with van der Waals surface area (Å²) in [5.41, 5.74) is 9.11. The fraction of sp³-hybridized carbons (Fsp3) is 0.385. The first-order valence-electron chi connectivity index (χ1n) is 6.02. The zero-order valence-electron chi connectivity index (χ0n) is 10.3. The van der Waals surface area contributed by atoms with Crippen molar-refractivity contribution in [1.29, 1.82) is 0 Å². The van der Waals surface area contributed by atoms with Crippen LogP contribution in [0.25, 0.3) is 11.1 Å². The maximum atomic E-state index is 5.95. The van der Waals surface area contributed by atoms with Crippen LogP contribution in [0.1, 0.15) is 38.3 Å². The maximum Gasteiger partial charge on any atom is 0.153 e. The molecule has 4 nitrogen and oxygen atoms in total. The molecule has 0 aliphatic heterocycles. The van der Waals surface area contributed by atoms with Crippen LogP contribution in [0.15, 0.2) is 24.5 Å². The first-order valence-corrected chi connectivity index (χ1v) is 6.02. The lowest BCUT2D eigenvalue weighted by atomic mass is 9.93. The molecule has 0 saturated carbocycles. The number of aromatic nitrogens is 3. The molecule has 2 aromatic heterocycles. The third kappa shape index (κ3) is 2.16. The number of nitrogen functional groups attached to an aromatic ring is 1. The molecule has 2 aromatic rings. The van der Waals surface area contributed by atoms with Crippen LogP contribution in [-0.4, -0.2) is 15.2 Å². The molecule has 0 bridgehead atoms. The highest BCUT2D eigenvalue weighted by molar-refractivity contribution is 5.76. The summed E-state index contributed by atoms with van der Waals surface area (Å²) in [6, 6.07) is 3.93. The summed E-state index contributed by atoms with van der Waals surface area (Å²) >= 11 is 0. The van der Waals surface area contributed by atoms with E-state index in [1.807, 2.05) is 18.3 Å². The van der Waals surface area contributed by atoms with Gasteiger partial charge >= 0.3 is 0 Å². The quantitative estimate of drug-likeness (QED) is 0.848. The van der Waals surface area contributed by atoms with Gasteiger partial charge in [-0.2, -0.15) is 5.10 Å². The molecule has 0 aromatic carbocycles. The number of pyridine rings is 1. The van der Waals surface area contributed by atoms with Gasteiger partial charge in [-0.1, -0.05) is 19.9 Å². The number of rotatable bonds is 4. The van der Waals surface area contributed by atoms with Crippen LogP contribution >= 0.6 is 0 Å². The summed E-state index contributed by atoms with van der Waals surface area (Å²) < 4.78 is 0. The van der Waals surface area contributed by atoms with E-state index in [4.69, 9.17) is 5.73 Å². The highest BCUT2D eigenvalue weighted by Gasteiger charge is 2.18. The molecule has 0 amide bonds. The van der Waals surface area contributed by atoms with Crippen LogP contribution in [0.2, 0.25) is 0 Å². The van der Waals surface area contributed by atoms with Gasteiger partial charge in [0.1, 0.15) is 0 Å². The number of aromatic amines is 1. The summed E-state index contributed by atoms with van der Waals surface area (Å²) in [5, 5.41) is 7.21. The molecule has 4 heteroatoms. The summed E-state index contributed by atoms with van der Waals surface area (Å²) in [6.07, 6.45) is 5.74. The smallest absolute Gasteiger partial charge is 0.153 e. The zero-order valence-corrected chi connectivity index (χ0v) is 10.3. The summed E-state index contributed by atoms with van der Waals surface area (Å²) in [6.45, 7) is 4.36. The van der Waals surface area contributed by atoms with Gasteiger partial charge < -0.3 is 5.73 Å². The predicted molar refractivity (Wildman–Crippen MR) is 69.6 cm³/mol. The van der Waals surface area contributed by atoms with E-state index in [1.54, 1.807) is 6.20 Å². The van der Waals surface area contributed by atoms with Crippen molar-refractivity contribution >= 4 is 5.82 Å². The number of hydrogen-bond acceptors (Lipinski definition) is 3. The largest absolute Gasteiger partial charge is 0.382 e. The Balaban J connectivity index is 2.50. The van der Waals surface area contributed by atoms with Crippen molar-refractivity contribution in [2.75, 3.05) is 5.73 Å². The molecule has 2 heterocycles. The van der Waals surface area contributed by atoms with Crippen LogP contribution in [-0.2, 0) is 0 Å². The lowest BCUT2D eigenvalue weighted by Crippen LogP contribution is -1.99. The minimum Gasteiger partial charge on any atom is -0.382 e. The molecule has 3 N–H and O–H groups in total. The average Bonchev–Trinajstić information content (AvgIpc) is 2.74. The van der Waals surface area contributed by atoms with Crippen molar-refractivity contribution in [1.82, 2.24) is 15.2 Å². The molecule has 0 saturated heterocycles. The average molecular weight is 230 g/mol. The lowest BCUT2D eigenvalue weighted by Gasteiger charge is -2.12. The Hall–Kier alpha value is -1.84. The Morgan fingerprint density at radius 3 is 2.71 bits per heavy atom. The number of anilines is 1. The van der Waals surface area contributed by atoms with E-state index in [1.165, 1.54) is 0 Å². The van der Waals surface area contributed by atoms with Gasteiger partial charge in [-0.25, -0.2) is 0 Å². The fourth-order valence-electron chi connectivity index (χ4n) is 2.18. The Bertz CT molecular complexity index is 471. The van der Waals surface area contributed by atoms with Crippen molar-refractivity contribution in [2.24, 2.45) is 0 Å². The highest BCUT2D eigenvalue weighted by Crippen LogP contribution is 2.34. The Morgan fingerprint density at radius 2 is 2.12 bits per heavy atom. The molecule has 0 fully saturated rings. The SMILES string of the molecule is CCC(CC)c1[nH]nc(N)c1-c1cccnc1. The van der Waals surface area contributed by atoms with Gasteiger partial charge in [0, 0.05) is 35.1 Å². The predicted octanol–water partition coefficient (Wildman–Crippen LogP) is 2.96. The second-order valence-electron chi connectivity index (χ2n) is 4.15. The van der Waals surface area contributed by atoms with Gasteiger partial charge in [0.2, 0.25) is 0 Å². The number of nitrogens with two attached hydrogens (primary N) is 1. The van der Waals surface area contributed by atoms with E-state index in [2.05, 4.69) is 29.0 Å². The second kappa shape index (κ2) is 4.99. The topological polar surface area (TPSA) is 67.6 Å². The van der Waals surface area contributed by atoms with Gasteiger partial charge in [-0.05, 0) is 18.9 Å². The monoisotopic (exact) mass is 230 g/mol. The van der Waals surface area contributed by atoms with E-state index in [9.17, 15) is 0 Å². The first kappa shape index (κ1) is 11.6. The molecule has 0 unspecified atom stereocenters. The van der Waals surface area contributed by atoms with Crippen LogP contribution in [0.3, 0.4) is 0 Å². The molecule has 0 atom stereocenters. The molecular weight excluding hydrogens is 212 g/mol. The molecule has 0 aliphatic carbocycles. The summed E-state index contributed by atoms with van der Waals surface area (Å²) in [4.78, 5) is 4.14. The van der Waals surface area contributed by atoms with Gasteiger partial charge in [-0.3, -0.25) is 10.1 Å². The van der Waals surface area contributed by atoms with Gasteiger partial charge in [0.25, 0.3) is 0 Å². The number of nitrogens with one attached hydrogen (secondary N) is 1. The fourth-order valence-corrected chi connectivity index (χ4v) is 2.18. The van der Waals surface area contributed by atoms with Gasteiger partial charge in [0.05, 0.1) is 0 Å². The zero-order chi connectivity index (χ0) is 12.3. The minimum absolute atomic E-state index is 0.468. The second-order valence-corrected chi connectivity index (χ2v) is 4.15. The van der Waals surface area contributed by atoms with Crippen LogP contribution in [0, 0.1) is 0 Å². The van der Waals surface area contributed by atoms with E-state index in [-0.39, 0.29) is 0 Å². The highest BCUT2D eigenvalue weighted by atomic mass is 15.2. The van der Waals surface area contributed by atoms with Crippen LogP contribution < -0.4 is 5.73 Å². The minimum atomic E-state index is 0.468. The normalized spacial score (nSPS) is 11.0. The third-order valence-electron chi connectivity index (χ3n) is 3.17. The Morgan fingerprint density at radius 1 is 1.35 bits per heavy atom. The molecule has 0 spiro atoms. The van der Waals surface area contributed by atoms with E-state index >= 15 is 0 Å². The third-order valence-corrected chi connectivity index (χ3v) is 3.17. The molecule has 90 valence electrons. The molecular formula is C13H18N4.